The van der Waals surface area contributed by atoms with Gasteiger partial charge in [-0.3, -0.25) is 9.59 Å². The highest BCUT2D eigenvalue weighted by atomic mass is 35.5. The molecule has 1 atom stereocenters. The van der Waals surface area contributed by atoms with Gasteiger partial charge >= 0.3 is 0 Å². The number of hydrogen-bond donors (Lipinski definition) is 1. The Morgan fingerprint density at radius 1 is 1.43 bits per heavy atom. The molecule has 2 amide bonds. The van der Waals surface area contributed by atoms with Crippen LogP contribution < -0.4 is 10.1 Å². The summed E-state index contributed by atoms with van der Waals surface area (Å²) >= 11 is 6.06. The van der Waals surface area contributed by atoms with Crippen LogP contribution in [0.4, 0.5) is 0 Å². The van der Waals surface area contributed by atoms with E-state index >= 15 is 0 Å². The lowest BCUT2D eigenvalue weighted by Gasteiger charge is -2.16. The second kappa shape index (κ2) is 8.17. The summed E-state index contributed by atoms with van der Waals surface area (Å²) in [4.78, 5) is 25.7. The standard InChI is InChI=1S/C16H21ClN2O4/c1-22-6-5-19-10-12(8-15(19)20)16(21)18-9-11-3-4-14(23-2)13(17)7-11/h3-4,7,12H,5-6,8-10H2,1-2H3,(H,18,21). The average molecular weight is 341 g/mol. The van der Waals surface area contributed by atoms with E-state index < -0.39 is 0 Å². The van der Waals surface area contributed by atoms with E-state index in [9.17, 15) is 9.59 Å². The van der Waals surface area contributed by atoms with Crippen molar-refractivity contribution in [1.82, 2.24) is 10.2 Å². The van der Waals surface area contributed by atoms with E-state index in [0.717, 1.165) is 5.56 Å². The highest BCUT2D eigenvalue weighted by Crippen LogP contribution is 2.25. The van der Waals surface area contributed by atoms with E-state index in [4.69, 9.17) is 21.1 Å². The van der Waals surface area contributed by atoms with E-state index in [1.165, 1.54) is 0 Å². The van der Waals surface area contributed by atoms with E-state index in [1.807, 2.05) is 6.07 Å². The molecule has 0 spiro atoms. The predicted molar refractivity (Wildman–Crippen MR) is 86.4 cm³/mol. The van der Waals surface area contributed by atoms with Crippen LogP contribution in [0.15, 0.2) is 18.2 Å². The van der Waals surface area contributed by atoms with Gasteiger partial charge in [0.15, 0.2) is 0 Å². The lowest BCUT2D eigenvalue weighted by atomic mass is 10.1. The molecule has 2 rings (SSSR count). The summed E-state index contributed by atoms with van der Waals surface area (Å²) in [6, 6.07) is 5.36. The minimum Gasteiger partial charge on any atom is -0.495 e. The van der Waals surface area contributed by atoms with Crippen molar-refractivity contribution in [2.45, 2.75) is 13.0 Å². The van der Waals surface area contributed by atoms with Gasteiger partial charge in [-0.05, 0) is 17.7 Å². The molecule has 0 radical (unpaired) electrons. The Morgan fingerprint density at radius 3 is 2.87 bits per heavy atom. The van der Waals surface area contributed by atoms with Gasteiger partial charge in [-0.15, -0.1) is 0 Å². The number of nitrogens with zero attached hydrogens (tertiary/aromatic N) is 1. The number of carbonyl (C=O) groups is 2. The molecule has 6 nitrogen and oxygen atoms in total. The number of benzene rings is 1. The monoisotopic (exact) mass is 340 g/mol. The molecule has 1 aromatic carbocycles. The van der Waals surface area contributed by atoms with Crippen molar-refractivity contribution in [2.75, 3.05) is 33.9 Å². The maximum absolute atomic E-state index is 12.2. The van der Waals surface area contributed by atoms with Crippen LogP contribution in [0, 0.1) is 5.92 Å². The molecular weight excluding hydrogens is 320 g/mol. The molecule has 1 aromatic rings. The Morgan fingerprint density at radius 2 is 2.22 bits per heavy atom. The highest BCUT2D eigenvalue weighted by molar-refractivity contribution is 6.32. The minimum absolute atomic E-state index is 0.00491. The Bertz CT molecular complexity index is 579. The fourth-order valence-electron chi connectivity index (χ4n) is 2.52. The van der Waals surface area contributed by atoms with Gasteiger partial charge in [-0.25, -0.2) is 0 Å². The van der Waals surface area contributed by atoms with E-state index in [0.29, 0.717) is 37.0 Å². The summed E-state index contributed by atoms with van der Waals surface area (Å²) in [5.74, 6) is 0.157. The first-order chi connectivity index (χ1) is 11.0. The van der Waals surface area contributed by atoms with Gasteiger partial charge in [0, 0.05) is 33.2 Å². The average Bonchev–Trinajstić information content (AvgIpc) is 2.91. The normalized spacial score (nSPS) is 17.4. The Kier molecular flexibility index (Phi) is 6.24. The van der Waals surface area contributed by atoms with Crippen LogP contribution >= 0.6 is 11.6 Å². The smallest absolute Gasteiger partial charge is 0.225 e. The molecule has 1 N–H and O–H groups in total. The van der Waals surface area contributed by atoms with Gasteiger partial charge in [-0.1, -0.05) is 17.7 Å². The summed E-state index contributed by atoms with van der Waals surface area (Å²) < 4.78 is 10.1. The summed E-state index contributed by atoms with van der Waals surface area (Å²) in [5.41, 5.74) is 0.879. The second-order valence-electron chi connectivity index (χ2n) is 5.42. The van der Waals surface area contributed by atoms with Crippen molar-refractivity contribution in [3.63, 3.8) is 0 Å². The molecule has 0 saturated carbocycles. The highest BCUT2D eigenvalue weighted by Gasteiger charge is 2.33. The van der Waals surface area contributed by atoms with Crippen LogP contribution in [-0.4, -0.2) is 50.6 Å². The van der Waals surface area contributed by atoms with Crippen LogP contribution in [0.5, 0.6) is 5.75 Å². The molecule has 0 bridgehead atoms. The van der Waals surface area contributed by atoms with Crippen molar-refractivity contribution >= 4 is 23.4 Å². The number of ether oxygens (including phenoxy) is 2. The zero-order valence-electron chi connectivity index (χ0n) is 13.3. The maximum atomic E-state index is 12.2. The fourth-order valence-corrected chi connectivity index (χ4v) is 2.80. The number of methoxy groups -OCH3 is 2. The molecule has 126 valence electrons. The minimum atomic E-state index is -0.312. The number of nitrogens with one attached hydrogen (secondary N) is 1. The first-order valence-electron chi connectivity index (χ1n) is 7.42. The number of carbonyl (C=O) groups excluding carboxylic acids is 2. The molecular formula is C16H21ClN2O4. The van der Waals surface area contributed by atoms with Gasteiger partial charge in [0.05, 0.1) is 24.7 Å². The van der Waals surface area contributed by atoms with Crippen LogP contribution in [0.1, 0.15) is 12.0 Å². The van der Waals surface area contributed by atoms with Crippen molar-refractivity contribution in [2.24, 2.45) is 5.92 Å². The molecule has 7 heteroatoms. The predicted octanol–water partition coefficient (Wildman–Crippen LogP) is 1.46. The van der Waals surface area contributed by atoms with E-state index in [-0.39, 0.29) is 24.2 Å². The molecule has 23 heavy (non-hydrogen) atoms. The van der Waals surface area contributed by atoms with Gasteiger partial charge < -0.3 is 19.7 Å². The summed E-state index contributed by atoms with van der Waals surface area (Å²) in [7, 11) is 3.14. The SMILES string of the molecule is COCCN1CC(C(=O)NCc2ccc(OC)c(Cl)c2)CC1=O. The van der Waals surface area contributed by atoms with Gasteiger partial charge in [0.1, 0.15) is 5.75 Å². The number of amides is 2. The summed E-state index contributed by atoms with van der Waals surface area (Å²) in [5, 5.41) is 3.36. The molecule has 1 heterocycles. The number of rotatable bonds is 7. The summed E-state index contributed by atoms with van der Waals surface area (Å²) in [6.07, 6.45) is 0.249. The Hall–Kier alpha value is -1.79. The Balaban J connectivity index is 1.85. The first-order valence-corrected chi connectivity index (χ1v) is 7.79. The first kappa shape index (κ1) is 17.6. The third-order valence-electron chi connectivity index (χ3n) is 3.83. The largest absolute Gasteiger partial charge is 0.495 e. The van der Waals surface area contributed by atoms with Crippen molar-refractivity contribution in [3.05, 3.63) is 28.8 Å². The van der Waals surface area contributed by atoms with Gasteiger partial charge in [0.2, 0.25) is 11.8 Å². The lowest BCUT2D eigenvalue weighted by Crippen LogP contribution is -2.33. The maximum Gasteiger partial charge on any atom is 0.225 e. The van der Waals surface area contributed by atoms with Crippen molar-refractivity contribution in [1.29, 1.82) is 0 Å². The molecule has 1 aliphatic rings. The third-order valence-corrected chi connectivity index (χ3v) is 4.13. The van der Waals surface area contributed by atoms with Crippen LogP contribution in [-0.2, 0) is 20.9 Å². The molecule has 0 aliphatic carbocycles. The van der Waals surface area contributed by atoms with Gasteiger partial charge in [0.25, 0.3) is 0 Å². The number of likely N-dealkylation sites (tertiary alicyclic amines) is 1. The quantitative estimate of drug-likeness (QED) is 0.816. The zero-order valence-corrected chi connectivity index (χ0v) is 14.1. The van der Waals surface area contributed by atoms with Crippen molar-refractivity contribution in [3.8, 4) is 5.75 Å². The molecule has 1 saturated heterocycles. The number of halogens is 1. The summed E-state index contributed by atoms with van der Waals surface area (Å²) in [6.45, 7) is 1.81. The fraction of sp³-hybridized carbons (Fsp3) is 0.500. The third kappa shape index (κ3) is 4.59. The Labute approximate surface area is 140 Å². The van der Waals surface area contributed by atoms with Gasteiger partial charge in [-0.2, -0.15) is 0 Å². The van der Waals surface area contributed by atoms with E-state index in [2.05, 4.69) is 5.32 Å². The number of hydrogen-bond acceptors (Lipinski definition) is 4. The molecule has 1 aliphatic heterocycles. The van der Waals surface area contributed by atoms with Crippen LogP contribution in [0.2, 0.25) is 5.02 Å². The second-order valence-corrected chi connectivity index (χ2v) is 5.83. The van der Waals surface area contributed by atoms with E-state index in [1.54, 1.807) is 31.3 Å². The molecule has 0 aromatic heterocycles. The van der Waals surface area contributed by atoms with Crippen LogP contribution in [0.3, 0.4) is 0 Å². The zero-order chi connectivity index (χ0) is 16.8. The lowest BCUT2D eigenvalue weighted by molar-refractivity contribution is -0.129. The molecule has 1 fully saturated rings. The topological polar surface area (TPSA) is 67.9 Å². The van der Waals surface area contributed by atoms with Crippen LogP contribution in [0.25, 0.3) is 0 Å². The van der Waals surface area contributed by atoms with Crippen molar-refractivity contribution < 1.29 is 19.1 Å². The molecule has 1 unspecified atom stereocenters.